The van der Waals surface area contributed by atoms with Crippen molar-refractivity contribution in [1.29, 1.82) is 0 Å². The molecule has 3 aromatic rings. The SMILES string of the molecule is CN=C(NCc1ccc(F)cc1)NCc1cccc(NC(=O)Cn2cccn2)c1. The molecule has 0 fully saturated rings. The Balaban J connectivity index is 1.49. The molecule has 29 heavy (non-hydrogen) atoms. The molecule has 150 valence electrons. The second-order valence-corrected chi connectivity index (χ2v) is 6.36. The number of nitrogens with zero attached hydrogens (tertiary/aromatic N) is 3. The summed E-state index contributed by atoms with van der Waals surface area (Å²) in [5, 5.41) is 13.3. The fraction of sp³-hybridized carbons (Fsp3) is 0.190. The second-order valence-electron chi connectivity index (χ2n) is 6.36. The van der Waals surface area contributed by atoms with Gasteiger partial charge in [-0.3, -0.25) is 14.5 Å². The predicted octanol–water partition coefficient (Wildman–Crippen LogP) is 2.53. The summed E-state index contributed by atoms with van der Waals surface area (Å²) in [4.78, 5) is 16.3. The lowest BCUT2D eigenvalue weighted by atomic mass is 10.2. The van der Waals surface area contributed by atoms with Crippen LogP contribution in [0.5, 0.6) is 0 Å². The molecule has 7 nitrogen and oxygen atoms in total. The number of benzene rings is 2. The fourth-order valence-corrected chi connectivity index (χ4v) is 2.70. The van der Waals surface area contributed by atoms with E-state index in [0.29, 0.717) is 19.0 Å². The van der Waals surface area contributed by atoms with E-state index < -0.39 is 0 Å². The average molecular weight is 394 g/mol. The van der Waals surface area contributed by atoms with Crippen molar-refractivity contribution in [3.8, 4) is 0 Å². The summed E-state index contributed by atoms with van der Waals surface area (Å²) in [6.45, 7) is 1.23. The minimum atomic E-state index is -0.257. The first-order chi connectivity index (χ1) is 14.1. The highest BCUT2D eigenvalue weighted by atomic mass is 19.1. The van der Waals surface area contributed by atoms with E-state index in [1.54, 1.807) is 42.3 Å². The van der Waals surface area contributed by atoms with E-state index in [9.17, 15) is 9.18 Å². The van der Waals surface area contributed by atoms with Crippen LogP contribution >= 0.6 is 0 Å². The third kappa shape index (κ3) is 6.46. The Hall–Kier alpha value is -3.68. The molecule has 0 aliphatic rings. The number of hydrogen-bond acceptors (Lipinski definition) is 3. The Labute approximate surface area is 168 Å². The number of aromatic nitrogens is 2. The predicted molar refractivity (Wildman–Crippen MR) is 111 cm³/mol. The van der Waals surface area contributed by atoms with Gasteiger partial charge in [0.25, 0.3) is 0 Å². The zero-order valence-electron chi connectivity index (χ0n) is 16.1. The van der Waals surface area contributed by atoms with Gasteiger partial charge in [0.15, 0.2) is 5.96 Å². The van der Waals surface area contributed by atoms with Gasteiger partial charge in [-0.2, -0.15) is 5.10 Å². The Kier molecular flexibility index (Phi) is 6.94. The van der Waals surface area contributed by atoms with Gasteiger partial charge in [-0.25, -0.2) is 4.39 Å². The number of aliphatic imine (C=N–C) groups is 1. The summed E-state index contributed by atoms with van der Waals surface area (Å²) in [6.07, 6.45) is 3.38. The molecule has 0 atom stereocenters. The van der Waals surface area contributed by atoms with Gasteiger partial charge in [0.2, 0.25) is 5.91 Å². The van der Waals surface area contributed by atoms with Crippen LogP contribution < -0.4 is 16.0 Å². The number of rotatable bonds is 7. The van der Waals surface area contributed by atoms with Crippen LogP contribution in [-0.4, -0.2) is 28.7 Å². The van der Waals surface area contributed by atoms with E-state index in [-0.39, 0.29) is 18.3 Å². The first-order valence-electron chi connectivity index (χ1n) is 9.17. The Morgan fingerprint density at radius 1 is 1.07 bits per heavy atom. The van der Waals surface area contributed by atoms with Gasteiger partial charge in [0.05, 0.1) is 0 Å². The molecule has 1 amide bonds. The van der Waals surface area contributed by atoms with Crippen LogP contribution in [0.4, 0.5) is 10.1 Å². The van der Waals surface area contributed by atoms with Crippen molar-refractivity contribution in [2.75, 3.05) is 12.4 Å². The molecule has 1 aromatic heterocycles. The van der Waals surface area contributed by atoms with Gasteiger partial charge >= 0.3 is 0 Å². The molecule has 0 radical (unpaired) electrons. The molecule has 8 heteroatoms. The molecule has 0 aliphatic carbocycles. The summed E-state index contributed by atoms with van der Waals surface area (Å²) < 4.78 is 14.5. The number of guanidine groups is 1. The molecular weight excluding hydrogens is 371 g/mol. The maximum atomic E-state index is 13.0. The molecule has 1 heterocycles. The van der Waals surface area contributed by atoms with E-state index in [1.807, 2.05) is 24.3 Å². The molecule has 0 unspecified atom stereocenters. The van der Waals surface area contributed by atoms with Crippen molar-refractivity contribution in [1.82, 2.24) is 20.4 Å². The van der Waals surface area contributed by atoms with Gasteiger partial charge in [0, 0.05) is 38.2 Å². The van der Waals surface area contributed by atoms with Crippen LogP contribution in [-0.2, 0) is 24.4 Å². The largest absolute Gasteiger partial charge is 0.352 e. The summed E-state index contributed by atoms with van der Waals surface area (Å²) in [5.41, 5.74) is 2.67. The van der Waals surface area contributed by atoms with Gasteiger partial charge < -0.3 is 16.0 Å². The standard InChI is InChI=1S/C21H23FN6O/c1-23-21(24-13-16-6-8-18(22)9-7-16)25-14-17-4-2-5-19(12-17)27-20(29)15-28-11-3-10-26-28/h2-12H,13-15H2,1H3,(H,27,29)(H2,23,24,25). The van der Waals surface area contributed by atoms with Crippen molar-refractivity contribution >= 4 is 17.6 Å². The lowest BCUT2D eigenvalue weighted by molar-refractivity contribution is -0.116. The van der Waals surface area contributed by atoms with Crippen LogP contribution in [0.15, 0.2) is 72.0 Å². The molecule has 3 rings (SSSR count). The number of nitrogens with one attached hydrogen (secondary N) is 3. The topological polar surface area (TPSA) is 83.3 Å². The lowest BCUT2D eigenvalue weighted by Crippen LogP contribution is -2.36. The second kappa shape index (κ2) is 10.0. The van der Waals surface area contributed by atoms with E-state index in [1.165, 1.54) is 12.1 Å². The number of anilines is 1. The Morgan fingerprint density at radius 3 is 2.52 bits per heavy atom. The van der Waals surface area contributed by atoms with Crippen LogP contribution in [0.25, 0.3) is 0 Å². The van der Waals surface area contributed by atoms with Gasteiger partial charge in [-0.05, 0) is 41.5 Å². The van der Waals surface area contributed by atoms with Crippen LogP contribution in [0.1, 0.15) is 11.1 Å². The third-order valence-electron chi connectivity index (χ3n) is 4.13. The smallest absolute Gasteiger partial charge is 0.246 e. The number of amides is 1. The van der Waals surface area contributed by atoms with E-state index in [4.69, 9.17) is 0 Å². The van der Waals surface area contributed by atoms with Gasteiger partial charge in [0.1, 0.15) is 12.4 Å². The van der Waals surface area contributed by atoms with Gasteiger partial charge in [-0.15, -0.1) is 0 Å². The summed E-state index contributed by atoms with van der Waals surface area (Å²) in [6, 6.07) is 15.7. The zero-order valence-corrected chi connectivity index (χ0v) is 16.1. The molecule has 0 saturated carbocycles. The van der Waals surface area contributed by atoms with E-state index in [0.717, 1.165) is 16.8 Å². The third-order valence-corrected chi connectivity index (χ3v) is 4.13. The molecular formula is C21H23FN6O. The summed E-state index contributed by atoms with van der Waals surface area (Å²) in [5.74, 6) is 0.228. The minimum Gasteiger partial charge on any atom is -0.352 e. The zero-order chi connectivity index (χ0) is 20.5. The van der Waals surface area contributed by atoms with Crippen LogP contribution in [0, 0.1) is 5.82 Å². The Bertz CT molecular complexity index is 954. The first-order valence-corrected chi connectivity index (χ1v) is 9.17. The number of halogens is 1. The highest BCUT2D eigenvalue weighted by Crippen LogP contribution is 2.11. The monoisotopic (exact) mass is 394 g/mol. The molecule has 0 bridgehead atoms. The van der Waals surface area contributed by atoms with Crippen molar-refractivity contribution in [3.63, 3.8) is 0 Å². The van der Waals surface area contributed by atoms with E-state index >= 15 is 0 Å². The fourth-order valence-electron chi connectivity index (χ4n) is 2.70. The Morgan fingerprint density at radius 2 is 1.83 bits per heavy atom. The van der Waals surface area contributed by atoms with Crippen molar-refractivity contribution in [3.05, 3.63) is 83.9 Å². The van der Waals surface area contributed by atoms with E-state index in [2.05, 4.69) is 26.0 Å². The maximum absolute atomic E-state index is 13.0. The quantitative estimate of drug-likeness (QED) is 0.425. The number of carbonyl (C=O) groups is 1. The normalized spacial score (nSPS) is 11.2. The van der Waals surface area contributed by atoms with Crippen molar-refractivity contribution in [2.45, 2.75) is 19.6 Å². The van der Waals surface area contributed by atoms with Crippen LogP contribution in [0.2, 0.25) is 0 Å². The molecule has 3 N–H and O–H groups in total. The highest BCUT2D eigenvalue weighted by molar-refractivity contribution is 5.90. The highest BCUT2D eigenvalue weighted by Gasteiger charge is 2.05. The van der Waals surface area contributed by atoms with Gasteiger partial charge in [-0.1, -0.05) is 24.3 Å². The number of carbonyl (C=O) groups excluding carboxylic acids is 1. The molecule has 0 spiro atoms. The average Bonchev–Trinajstić information content (AvgIpc) is 3.22. The number of hydrogen-bond donors (Lipinski definition) is 3. The van der Waals surface area contributed by atoms with Crippen molar-refractivity contribution < 1.29 is 9.18 Å². The van der Waals surface area contributed by atoms with Crippen LogP contribution in [0.3, 0.4) is 0 Å². The lowest BCUT2D eigenvalue weighted by Gasteiger charge is -2.13. The maximum Gasteiger partial charge on any atom is 0.246 e. The van der Waals surface area contributed by atoms with Crippen molar-refractivity contribution in [2.24, 2.45) is 4.99 Å². The summed E-state index contributed by atoms with van der Waals surface area (Å²) in [7, 11) is 1.69. The molecule has 0 aliphatic heterocycles. The first kappa shape index (κ1) is 20.1. The molecule has 2 aromatic carbocycles. The summed E-state index contributed by atoms with van der Waals surface area (Å²) >= 11 is 0. The molecule has 0 saturated heterocycles. The minimum absolute atomic E-state index is 0.143.